The molecule has 0 unspecified atom stereocenters. The summed E-state index contributed by atoms with van der Waals surface area (Å²) in [4.78, 5) is 54.0. The van der Waals surface area contributed by atoms with Crippen molar-refractivity contribution in [3.63, 3.8) is 0 Å². The van der Waals surface area contributed by atoms with Crippen LogP contribution in [0.4, 0.5) is 4.39 Å². The number of piperazine rings is 1. The minimum absolute atomic E-state index is 0.0233. The Balaban J connectivity index is 1.29. The van der Waals surface area contributed by atoms with Gasteiger partial charge in [0.05, 0.1) is 11.3 Å². The smallest absolute Gasteiger partial charge is 0.290 e. The summed E-state index contributed by atoms with van der Waals surface area (Å²) in [5.74, 6) is -2.00. The summed E-state index contributed by atoms with van der Waals surface area (Å²) < 4.78 is 14.8. The standard InChI is InChI=1S/C28H33FN4O4/c1-17-16-32(12-13-33(17)28(37)25(34)19-6-2-3-7-19)27(36)22-14-18(10-11-23(22)29)15-24-20-8-4-5-9-21(20)26(35)31-30-24/h10-11,14,17,19H,2-9,12-13,15-16H2,1H3,(H,31,35)/t17-/m0/s1. The van der Waals surface area contributed by atoms with E-state index in [0.29, 0.717) is 6.42 Å². The number of nitrogens with one attached hydrogen (secondary N) is 1. The zero-order valence-corrected chi connectivity index (χ0v) is 21.2. The Kier molecular flexibility index (Phi) is 7.22. The number of Topliss-reactive ketones (excluding diaryl/α,β-unsaturated/α-hetero) is 1. The van der Waals surface area contributed by atoms with Crippen molar-refractivity contribution in [3.8, 4) is 0 Å². The van der Waals surface area contributed by atoms with Gasteiger partial charge in [-0.2, -0.15) is 5.10 Å². The first-order valence-corrected chi connectivity index (χ1v) is 13.3. The normalized spacial score (nSPS) is 20.1. The number of nitrogens with zero attached hydrogens (tertiary/aromatic N) is 3. The molecule has 1 N–H and O–H groups in total. The predicted molar refractivity (Wildman–Crippen MR) is 135 cm³/mol. The Labute approximate surface area is 215 Å². The molecule has 2 aromatic rings. The summed E-state index contributed by atoms with van der Waals surface area (Å²) in [5.41, 5.74) is 3.07. The molecule has 1 saturated carbocycles. The van der Waals surface area contributed by atoms with E-state index in [0.717, 1.165) is 73.8 Å². The molecule has 8 nitrogen and oxygen atoms in total. The van der Waals surface area contributed by atoms with Crippen molar-refractivity contribution >= 4 is 17.6 Å². The highest BCUT2D eigenvalue weighted by Gasteiger charge is 2.37. The average molecular weight is 509 g/mol. The van der Waals surface area contributed by atoms with Gasteiger partial charge in [0, 0.05) is 43.6 Å². The molecule has 2 fully saturated rings. The first kappa shape index (κ1) is 25.3. The fraction of sp³-hybridized carbons (Fsp3) is 0.536. The maximum atomic E-state index is 14.8. The Bertz CT molecular complexity index is 1280. The Morgan fingerprint density at radius 3 is 2.51 bits per heavy atom. The number of hydrogen-bond acceptors (Lipinski definition) is 5. The molecule has 37 heavy (non-hydrogen) atoms. The molecule has 1 saturated heterocycles. The number of fused-ring (bicyclic) bond motifs is 1. The number of amides is 2. The lowest BCUT2D eigenvalue weighted by Gasteiger charge is -2.39. The van der Waals surface area contributed by atoms with Crippen molar-refractivity contribution in [3.05, 3.63) is 62.3 Å². The van der Waals surface area contributed by atoms with Crippen LogP contribution in [0.1, 0.15) is 78.2 Å². The highest BCUT2D eigenvalue weighted by molar-refractivity contribution is 6.37. The lowest BCUT2D eigenvalue weighted by molar-refractivity contribution is -0.149. The number of halogens is 1. The molecule has 1 aromatic heterocycles. The number of hydrogen-bond donors (Lipinski definition) is 1. The van der Waals surface area contributed by atoms with Crippen LogP contribution < -0.4 is 5.56 Å². The minimum Gasteiger partial charge on any atom is -0.335 e. The number of aromatic nitrogens is 2. The summed E-state index contributed by atoms with van der Waals surface area (Å²) >= 11 is 0. The molecule has 0 radical (unpaired) electrons. The maximum absolute atomic E-state index is 14.8. The quantitative estimate of drug-likeness (QED) is 0.626. The van der Waals surface area contributed by atoms with E-state index < -0.39 is 17.6 Å². The number of carbonyl (C=O) groups excluding carboxylic acids is 3. The number of carbonyl (C=O) groups is 3. The van der Waals surface area contributed by atoms with E-state index >= 15 is 0 Å². The molecule has 9 heteroatoms. The number of aromatic amines is 1. The van der Waals surface area contributed by atoms with Crippen molar-refractivity contribution < 1.29 is 18.8 Å². The van der Waals surface area contributed by atoms with Gasteiger partial charge in [0.2, 0.25) is 5.78 Å². The largest absolute Gasteiger partial charge is 0.335 e. The molecule has 0 bridgehead atoms. The van der Waals surface area contributed by atoms with Crippen LogP contribution in [-0.2, 0) is 28.9 Å². The molecule has 2 amide bonds. The van der Waals surface area contributed by atoms with Crippen molar-refractivity contribution in [2.24, 2.45) is 5.92 Å². The maximum Gasteiger partial charge on any atom is 0.290 e. The summed E-state index contributed by atoms with van der Waals surface area (Å²) in [5, 5.41) is 6.84. The summed E-state index contributed by atoms with van der Waals surface area (Å²) in [6.07, 6.45) is 7.37. The molecule has 5 rings (SSSR count). The lowest BCUT2D eigenvalue weighted by Crippen LogP contribution is -2.57. The molecular formula is C28H33FN4O4. The van der Waals surface area contributed by atoms with Gasteiger partial charge in [0.25, 0.3) is 17.4 Å². The highest BCUT2D eigenvalue weighted by Crippen LogP contribution is 2.27. The van der Waals surface area contributed by atoms with Crippen LogP contribution in [0.25, 0.3) is 0 Å². The van der Waals surface area contributed by atoms with Gasteiger partial charge in [-0.25, -0.2) is 9.49 Å². The van der Waals surface area contributed by atoms with Crippen molar-refractivity contribution in [2.45, 2.75) is 70.8 Å². The Morgan fingerprint density at radius 1 is 1.05 bits per heavy atom. The van der Waals surface area contributed by atoms with Crippen molar-refractivity contribution in [1.82, 2.24) is 20.0 Å². The second kappa shape index (κ2) is 10.6. The van der Waals surface area contributed by atoms with E-state index in [1.54, 1.807) is 21.9 Å². The van der Waals surface area contributed by atoms with E-state index in [4.69, 9.17) is 0 Å². The van der Waals surface area contributed by atoms with E-state index in [1.807, 2.05) is 6.92 Å². The predicted octanol–water partition coefficient (Wildman–Crippen LogP) is 2.81. The van der Waals surface area contributed by atoms with Crippen molar-refractivity contribution in [2.75, 3.05) is 19.6 Å². The third-order valence-electron chi connectivity index (χ3n) is 8.13. The number of ketones is 1. The fourth-order valence-electron chi connectivity index (χ4n) is 6.03. The summed E-state index contributed by atoms with van der Waals surface area (Å²) in [6, 6.07) is 4.16. The first-order valence-electron chi connectivity index (χ1n) is 13.3. The van der Waals surface area contributed by atoms with E-state index in [2.05, 4.69) is 10.2 Å². The van der Waals surface area contributed by atoms with Gasteiger partial charge < -0.3 is 9.80 Å². The zero-order valence-electron chi connectivity index (χ0n) is 21.2. The van der Waals surface area contributed by atoms with E-state index in [1.165, 1.54) is 6.07 Å². The molecule has 1 atom stereocenters. The molecule has 2 aliphatic carbocycles. The van der Waals surface area contributed by atoms with Crippen molar-refractivity contribution in [1.29, 1.82) is 0 Å². The monoisotopic (exact) mass is 508 g/mol. The first-order chi connectivity index (χ1) is 17.8. The van der Waals surface area contributed by atoms with Crippen LogP contribution in [0.2, 0.25) is 0 Å². The van der Waals surface area contributed by atoms with Gasteiger partial charge in [-0.1, -0.05) is 18.9 Å². The number of benzene rings is 1. The zero-order chi connectivity index (χ0) is 26.1. The Hall–Kier alpha value is -3.36. The van der Waals surface area contributed by atoms with E-state index in [-0.39, 0.29) is 48.5 Å². The second-order valence-corrected chi connectivity index (χ2v) is 10.6. The molecule has 3 aliphatic rings. The van der Waals surface area contributed by atoms with E-state index in [9.17, 15) is 23.6 Å². The molecular weight excluding hydrogens is 475 g/mol. The molecule has 2 heterocycles. The van der Waals surface area contributed by atoms with Crippen LogP contribution in [-0.4, -0.2) is 63.3 Å². The lowest BCUT2D eigenvalue weighted by atomic mass is 9.90. The van der Waals surface area contributed by atoms with Crippen LogP contribution in [0.5, 0.6) is 0 Å². The summed E-state index contributed by atoms with van der Waals surface area (Å²) in [7, 11) is 0. The van der Waals surface area contributed by atoms with Gasteiger partial charge in [0.1, 0.15) is 5.82 Å². The van der Waals surface area contributed by atoms with Gasteiger partial charge in [-0.3, -0.25) is 19.2 Å². The topological polar surface area (TPSA) is 103 Å². The van der Waals surface area contributed by atoms with Gasteiger partial charge in [0.15, 0.2) is 0 Å². The molecule has 196 valence electrons. The Morgan fingerprint density at radius 2 is 1.78 bits per heavy atom. The number of rotatable bonds is 5. The van der Waals surface area contributed by atoms with Crippen LogP contribution in [0.3, 0.4) is 0 Å². The molecule has 1 aliphatic heterocycles. The fourth-order valence-corrected chi connectivity index (χ4v) is 6.03. The van der Waals surface area contributed by atoms with Gasteiger partial charge >= 0.3 is 0 Å². The van der Waals surface area contributed by atoms with Crippen LogP contribution in [0, 0.1) is 11.7 Å². The second-order valence-electron chi connectivity index (χ2n) is 10.6. The highest BCUT2D eigenvalue weighted by atomic mass is 19.1. The SMILES string of the molecule is C[C@H]1CN(C(=O)c2cc(Cc3n[nH]c(=O)c4c3CCCC4)ccc2F)CCN1C(=O)C(=O)C1CCCC1. The number of H-pyrrole nitrogens is 1. The van der Waals surface area contributed by atoms with Crippen LogP contribution in [0.15, 0.2) is 23.0 Å². The third-order valence-corrected chi connectivity index (χ3v) is 8.13. The van der Waals surface area contributed by atoms with Crippen LogP contribution >= 0.6 is 0 Å². The summed E-state index contributed by atoms with van der Waals surface area (Å²) in [6.45, 7) is 2.54. The third kappa shape index (κ3) is 5.08. The molecule has 0 spiro atoms. The van der Waals surface area contributed by atoms with Gasteiger partial charge in [-0.05, 0) is 68.7 Å². The molecule has 1 aromatic carbocycles. The average Bonchev–Trinajstić information content (AvgIpc) is 3.45. The minimum atomic E-state index is -0.604. The van der Waals surface area contributed by atoms with Gasteiger partial charge in [-0.15, -0.1) is 0 Å².